The van der Waals surface area contributed by atoms with Crippen LogP contribution in [0.4, 0.5) is 10.5 Å². The van der Waals surface area contributed by atoms with E-state index in [2.05, 4.69) is 5.32 Å². The zero-order valence-corrected chi connectivity index (χ0v) is 17.8. The van der Waals surface area contributed by atoms with Gasteiger partial charge in [0.2, 0.25) is 0 Å². The van der Waals surface area contributed by atoms with E-state index in [0.717, 1.165) is 4.90 Å². The Hall–Kier alpha value is -4.14. The second-order valence-electron chi connectivity index (χ2n) is 6.60. The summed E-state index contributed by atoms with van der Waals surface area (Å²) in [7, 11) is 1.41. The number of hydrogen-bond acceptors (Lipinski definition) is 7. The van der Waals surface area contributed by atoms with Crippen molar-refractivity contribution in [2.45, 2.75) is 20.3 Å². The number of hydrogen-bond donors (Lipinski definition) is 1. The number of para-hydroxylation sites is 2. The van der Waals surface area contributed by atoms with Gasteiger partial charge in [0.25, 0.3) is 11.8 Å². The largest absolute Gasteiger partial charge is 0.495 e. The molecule has 4 amide bonds. The molecule has 1 aliphatic heterocycles. The smallest absolute Gasteiger partial charge is 0.336 e. The summed E-state index contributed by atoms with van der Waals surface area (Å²) in [6, 6.07) is 10.2. The Morgan fingerprint density at radius 1 is 1.03 bits per heavy atom. The molecule has 0 radical (unpaired) electrons. The number of ether oxygens (including phenoxy) is 3. The molecule has 0 spiro atoms. The van der Waals surface area contributed by atoms with Gasteiger partial charge in [-0.3, -0.25) is 19.7 Å². The molecule has 0 bridgehead atoms. The third kappa shape index (κ3) is 4.61. The minimum absolute atomic E-state index is 0.193. The second kappa shape index (κ2) is 9.78. The number of amides is 4. The van der Waals surface area contributed by atoms with Crippen LogP contribution in [0, 0.1) is 0 Å². The number of imide groups is 2. The number of nitrogens with one attached hydrogen (secondary N) is 1. The highest BCUT2D eigenvalue weighted by Crippen LogP contribution is 2.32. The third-order valence-electron chi connectivity index (χ3n) is 4.52. The van der Waals surface area contributed by atoms with E-state index < -0.39 is 23.8 Å². The summed E-state index contributed by atoms with van der Waals surface area (Å²) in [6.07, 6.45) is 1.53. The van der Waals surface area contributed by atoms with Crippen LogP contribution in [0.1, 0.15) is 25.8 Å². The molecule has 32 heavy (non-hydrogen) atoms. The summed E-state index contributed by atoms with van der Waals surface area (Å²) in [4.78, 5) is 50.4. The van der Waals surface area contributed by atoms with E-state index in [0.29, 0.717) is 17.9 Å². The lowest BCUT2D eigenvalue weighted by atomic mass is 10.1. The molecular formula is C23H22N2O7. The fraction of sp³-hybridized carbons (Fsp3) is 0.217. The Bertz CT molecular complexity index is 1110. The number of nitrogens with zero attached hydrogens (tertiary/aromatic N) is 1. The predicted octanol–water partition coefficient (Wildman–Crippen LogP) is 3.08. The van der Waals surface area contributed by atoms with E-state index in [9.17, 15) is 19.2 Å². The fourth-order valence-corrected chi connectivity index (χ4v) is 3.02. The maximum absolute atomic E-state index is 13.1. The van der Waals surface area contributed by atoms with Gasteiger partial charge < -0.3 is 14.2 Å². The number of rotatable bonds is 7. The molecule has 0 unspecified atom stereocenters. The van der Waals surface area contributed by atoms with E-state index >= 15 is 0 Å². The molecule has 1 N–H and O–H groups in total. The first kappa shape index (κ1) is 22.5. The Kier molecular flexibility index (Phi) is 6.89. The zero-order valence-electron chi connectivity index (χ0n) is 17.8. The average Bonchev–Trinajstić information content (AvgIpc) is 2.78. The molecule has 3 rings (SSSR count). The summed E-state index contributed by atoms with van der Waals surface area (Å²) >= 11 is 0. The SMILES string of the molecule is CCOc1cc(C=C2C(=O)NC(=O)N(c3ccccc3OC)C2=O)ccc1OC(=O)CC. The van der Waals surface area contributed by atoms with Gasteiger partial charge in [-0.15, -0.1) is 0 Å². The molecule has 0 saturated carbocycles. The van der Waals surface area contributed by atoms with E-state index in [1.165, 1.54) is 25.3 Å². The van der Waals surface area contributed by atoms with Crippen molar-refractivity contribution in [1.82, 2.24) is 5.32 Å². The van der Waals surface area contributed by atoms with Gasteiger partial charge in [0.05, 0.1) is 19.4 Å². The minimum Gasteiger partial charge on any atom is -0.495 e. The molecular weight excluding hydrogens is 416 g/mol. The molecule has 9 heteroatoms. The standard InChI is InChI=1S/C23H22N2O7/c1-4-20(26)32-18-11-10-14(13-19(18)31-5-2)12-15-21(27)24-23(29)25(22(15)28)16-8-6-7-9-17(16)30-3/h6-13H,4-5H2,1-3H3,(H,24,27,29). The lowest BCUT2D eigenvalue weighted by Gasteiger charge is -2.27. The van der Waals surface area contributed by atoms with Crippen LogP contribution >= 0.6 is 0 Å². The predicted molar refractivity (Wildman–Crippen MR) is 116 cm³/mol. The number of methoxy groups -OCH3 is 1. The molecule has 166 valence electrons. The molecule has 1 heterocycles. The highest BCUT2D eigenvalue weighted by Gasteiger charge is 2.38. The monoisotopic (exact) mass is 438 g/mol. The number of carbonyl (C=O) groups is 4. The number of carbonyl (C=O) groups excluding carboxylic acids is 4. The third-order valence-corrected chi connectivity index (χ3v) is 4.52. The Labute approximate surface area is 184 Å². The van der Waals surface area contributed by atoms with Crippen LogP contribution in [0.25, 0.3) is 6.08 Å². The molecule has 9 nitrogen and oxygen atoms in total. The summed E-state index contributed by atoms with van der Waals surface area (Å²) in [6.45, 7) is 3.75. The first-order valence-electron chi connectivity index (χ1n) is 9.91. The second-order valence-corrected chi connectivity index (χ2v) is 6.60. The van der Waals surface area contributed by atoms with E-state index in [1.807, 2.05) is 0 Å². The van der Waals surface area contributed by atoms with Gasteiger partial charge >= 0.3 is 12.0 Å². The maximum Gasteiger partial charge on any atom is 0.336 e. The molecule has 2 aromatic carbocycles. The van der Waals surface area contributed by atoms with Crippen molar-refractivity contribution in [2.75, 3.05) is 18.6 Å². The lowest BCUT2D eigenvalue weighted by Crippen LogP contribution is -2.54. The quantitative estimate of drug-likeness (QED) is 0.306. The number of benzene rings is 2. The first-order chi connectivity index (χ1) is 15.4. The molecule has 0 aliphatic carbocycles. The number of urea groups is 1. The highest BCUT2D eigenvalue weighted by molar-refractivity contribution is 6.39. The molecule has 1 aliphatic rings. The van der Waals surface area contributed by atoms with E-state index in [4.69, 9.17) is 14.2 Å². The van der Waals surface area contributed by atoms with Crippen LogP contribution < -0.4 is 24.4 Å². The Morgan fingerprint density at radius 2 is 1.78 bits per heavy atom. The molecule has 0 aromatic heterocycles. The summed E-state index contributed by atoms with van der Waals surface area (Å²) < 4.78 is 16.0. The van der Waals surface area contributed by atoms with Crippen molar-refractivity contribution in [2.24, 2.45) is 0 Å². The Balaban J connectivity index is 2.00. The van der Waals surface area contributed by atoms with Crippen molar-refractivity contribution in [3.63, 3.8) is 0 Å². The van der Waals surface area contributed by atoms with Gasteiger partial charge in [0, 0.05) is 6.42 Å². The van der Waals surface area contributed by atoms with Gasteiger partial charge in [-0.2, -0.15) is 0 Å². The molecule has 0 atom stereocenters. The average molecular weight is 438 g/mol. The van der Waals surface area contributed by atoms with Crippen LogP contribution in [0.2, 0.25) is 0 Å². The van der Waals surface area contributed by atoms with E-state index in [1.54, 1.807) is 44.2 Å². The number of esters is 1. The topological polar surface area (TPSA) is 111 Å². The number of barbiturate groups is 1. The van der Waals surface area contributed by atoms with Crippen LogP contribution in [-0.2, 0) is 14.4 Å². The molecule has 2 aromatic rings. The lowest BCUT2D eigenvalue weighted by molar-refractivity contribution is -0.134. The zero-order chi connectivity index (χ0) is 23.3. The summed E-state index contributed by atoms with van der Waals surface area (Å²) in [5.41, 5.74) is 0.390. The van der Waals surface area contributed by atoms with E-state index in [-0.39, 0.29) is 29.2 Å². The summed E-state index contributed by atoms with van der Waals surface area (Å²) in [5.74, 6) is -1.25. The first-order valence-corrected chi connectivity index (χ1v) is 9.91. The van der Waals surface area contributed by atoms with Gasteiger partial charge in [-0.05, 0) is 42.8 Å². The van der Waals surface area contributed by atoms with Gasteiger partial charge in [0.15, 0.2) is 11.5 Å². The fourth-order valence-electron chi connectivity index (χ4n) is 3.02. The normalized spacial score (nSPS) is 14.9. The van der Waals surface area contributed by atoms with Crippen molar-refractivity contribution < 1.29 is 33.4 Å². The highest BCUT2D eigenvalue weighted by atomic mass is 16.6. The van der Waals surface area contributed by atoms with Crippen molar-refractivity contribution in [1.29, 1.82) is 0 Å². The van der Waals surface area contributed by atoms with Gasteiger partial charge in [-0.25, -0.2) is 9.69 Å². The van der Waals surface area contributed by atoms with Crippen LogP contribution in [0.15, 0.2) is 48.0 Å². The molecule has 1 saturated heterocycles. The van der Waals surface area contributed by atoms with Crippen LogP contribution in [-0.4, -0.2) is 37.5 Å². The minimum atomic E-state index is -0.876. The number of anilines is 1. The molecule has 1 fully saturated rings. The van der Waals surface area contributed by atoms with Gasteiger partial charge in [-0.1, -0.05) is 25.1 Å². The van der Waals surface area contributed by atoms with Crippen LogP contribution in [0.5, 0.6) is 17.2 Å². The maximum atomic E-state index is 13.1. The van der Waals surface area contributed by atoms with Crippen molar-refractivity contribution in [3.8, 4) is 17.2 Å². The van der Waals surface area contributed by atoms with Crippen molar-refractivity contribution in [3.05, 3.63) is 53.6 Å². The van der Waals surface area contributed by atoms with Gasteiger partial charge in [0.1, 0.15) is 11.3 Å². The van der Waals surface area contributed by atoms with Crippen molar-refractivity contribution >= 4 is 35.6 Å². The summed E-state index contributed by atoms with van der Waals surface area (Å²) in [5, 5.41) is 2.17. The van der Waals surface area contributed by atoms with Crippen LogP contribution in [0.3, 0.4) is 0 Å². The Morgan fingerprint density at radius 3 is 2.47 bits per heavy atom.